The number of thiophene rings is 1. The summed E-state index contributed by atoms with van der Waals surface area (Å²) in [5.74, 6) is -0.0696. The van der Waals surface area contributed by atoms with Crippen molar-refractivity contribution in [2.75, 3.05) is 25.0 Å². The SMILES string of the molecule is N#Cc1ccsc1NC(=O)CN1CCCC1CCCO. The van der Waals surface area contributed by atoms with E-state index >= 15 is 0 Å². The van der Waals surface area contributed by atoms with Crippen molar-refractivity contribution in [2.24, 2.45) is 0 Å². The predicted octanol–water partition coefficient (Wildman–Crippen LogP) is 1.80. The van der Waals surface area contributed by atoms with Crippen molar-refractivity contribution in [1.82, 2.24) is 4.90 Å². The maximum absolute atomic E-state index is 12.0. The van der Waals surface area contributed by atoms with Gasteiger partial charge in [0.15, 0.2) is 0 Å². The Morgan fingerprint density at radius 3 is 3.25 bits per heavy atom. The maximum Gasteiger partial charge on any atom is 0.239 e. The molecule has 1 fully saturated rings. The normalized spacial score (nSPS) is 18.9. The van der Waals surface area contributed by atoms with Gasteiger partial charge in [0.05, 0.1) is 12.1 Å². The van der Waals surface area contributed by atoms with Crippen LogP contribution in [0.1, 0.15) is 31.2 Å². The summed E-state index contributed by atoms with van der Waals surface area (Å²) in [6.45, 7) is 1.50. The Bertz CT molecular complexity index is 495. The topological polar surface area (TPSA) is 76.4 Å². The van der Waals surface area contributed by atoms with E-state index in [0.717, 1.165) is 32.2 Å². The van der Waals surface area contributed by atoms with Gasteiger partial charge in [-0.3, -0.25) is 9.69 Å². The molecular formula is C14H19N3O2S. The molecular weight excluding hydrogens is 274 g/mol. The van der Waals surface area contributed by atoms with Crippen molar-refractivity contribution in [3.63, 3.8) is 0 Å². The smallest absolute Gasteiger partial charge is 0.239 e. The maximum atomic E-state index is 12.0. The van der Waals surface area contributed by atoms with E-state index in [1.54, 1.807) is 11.4 Å². The number of rotatable bonds is 6. The lowest BCUT2D eigenvalue weighted by Crippen LogP contribution is -2.36. The zero-order valence-electron chi connectivity index (χ0n) is 11.3. The second-order valence-electron chi connectivity index (χ2n) is 4.96. The van der Waals surface area contributed by atoms with Crippen molar-refractivity contribution < 1.29 is 9.90 Å². The van der Waals surface area contributed by atoms with Crippen LogP contribution in [0.5, 0.6) is 0 Å². The average Bonchev–Trinajstić information content (AvgIpc) is 3.05. The minimum Gasteiger partial charge on any atom is -0.396 e. The van der Waals surface area contributed by atoms with Crippen molar-refractivity contribution >= 4 is 22.2 Å². The van der Waals surface area contributed by atoms with Gasteiger partial charge in [-0.15, -0.1) is 11.3 Å². The fourth-order valence-electron chi connectivity index (χ4n) is 2.60. The molecule has 0 radical (unpaired) electrons. The van der Waals surface area contributed by atoms with Crippen LogP contribution in [0, 0.1) is 11.3 Å². The molecule has 1 unspecified atom stereocenters. The molecule has 2 rings (SSSR count). The first-order chi connectivity index (χ1) is 9.74. The van der Waals surface area contributed by atoms with E-state index in [0.29, 0.717) is 23.2 Å². The summed E-state index contributed by atoms with van der Waals surface area (Å²) in [7, 11) is 0. The highest BCUT2D eigenvalue weighted by Gasteiger charge is 2.25. The molecule has 0 aromatic carbocycles. The summed E-state index contributed by atoms with van der Waals surface area (Å²) in [5.41, 5.74) is 0.515. The van der Waals surface area contributed by atoms with Crippen LogP contribution in [0.2, 0.25) is 0 Å². The second kappa shape index (κ2) is 7.39. The molecule has 108 valence electrons. The predicted molar refractivity (Wildman–Crippen MR) is 78.6 cm³/mol. The minimum atomic E-state index is -0.0696. The lowest BCUT2D eigenvalue weighted by atomic mass is 10.1. The first-order valence-electron chi connectivity index (χ1n) is 6.87. The van der Waals surface area contributed by atoms with Gasteiger partial charge in [0.2, 0.25) is 5.91 Å². The van der Waals surface area contributed by atoms with E-state index in [2.05, 4.69) is 16.3 Å². The number of aliphatic hydroxyl groups excluding tert-OH is 1. The van der Waals surface area contributed by atoms with Crippen molar-refractivity contribution in [2.45, 2.75) is 31.7 Å². The molecule has 1 atom stereocenters. The summed E-state index contributed by atoms with van der Waals surface area (Å²) in [4.78, 5) is 14.2. The van der Waals surface area contributed by atoms with E-state index in [4.69, 9.17) is 10.4 Å². The standard InChI is InChI=1S/C14H19N3O2S/c15-9-11-5-8-20-14(11)16-13(19)10-17-6-1-3-12(17)4-2-7-18/h5,8,12,18H,1-4,6-7,10H2,(H,16,19). The van der Waals surface area contributed by atoms with Gasteiger partial charge in [-0.1, -0.05) is 0 Å². The highest BCUT2D eigenvalue weighted by atomic mass is 32.1. The molecule has 0 saturated carbocycles. The lowest BCUT2D eigenvalue weighted by molar-refractivity contribution is -0.117. The Kier molecular flexibility index (Phi) is 5.53. The van der Waals surface area contributed by atoms with Gasteiger partial charge in [-0.05, 0) is 43.7 Å². The summed E-state index contributed by atoms with van der Waals surface area (Å²) in [5, 5.41) is 23.1. The quantitative estimate of drug-likeness (QED) is 0.838. The second-order valence-corrected chi connectivity index (χ2v) is 5.87. The number of nitrogens with zero attached hydrogens (tertiary/aromatic N) is 2. The summed E-state index contributed by atoms with van der Waals surface area (Å²) < 4.78 is 0. The number of nitriles is 1. The molecule has 1 saturated heterocycles. The van der Waals surface area contributed by atoms with E-state index in [1.807, 2.05) is 0 Å². The number of carbonyl (C=O) groups excluding carboxylic acids is 1. The van der Waals surface area contributed by atoms with Crippen LogP contribution in [0.25, 0.3) is 0 Å². The van der Waals surface area contributed by atoms with Gasteiger partial charge >= 0.3 is 0 Å². The summed E-state index contributed by atoms with van der Waals surface area (Å²) in [6, 6.07) is 4.17. The summed E-state index contributed by atoms with van der Waals surface area (Å²) >= 11 is 1.37. The first-order valence-corrected chi connectivity index (χ1v) is 7.75. The Balaban J connectivity index is 1.86. The molecule has 2 N–H and O–H groups in total. The third-order valence-electron chi connectivity index (χ3n) is 3.58. The zero-order valence-corrected chi connectivity index (χ0v) is 12.2. The van der Waals surface area contributed by atoms with E-state index in [-0.39, 0.29) is 12.5 Å². The number of likely N-dealkylation sites (tertiary alicyclic amines) is 1. The highest BCUT2D eigenvalue weighted by Crippen LogP contribution is 2.23. The molecule has 0 bridgehead atoms. The Morgan fingerprint density at radius 1 is 1.65 bits per heavy atom. The van der Waals surface area contributed by atoms with Crippen LogP contribution < -0.4 is 5.32 Å². The molecule has 1 aromatic heterocycles. The molecule has 0 spiro atoms. The number of carbonyl (C=O) groups is 1. The Hall–Kier alpha value is -1.42. The zero-order chi connectivity index (χ0) is 14.4. The van der Waals surface area contributed by atoms with Crippen molar-refractivity contribution in [3.8, 4) is 6.07 Å². The van der Waals surface area contributed by atoms with Crippen LogP contribution in [-0.2, 0) is 4.79 Å². The number of aliphatic hydroxyl groups is 1. The monoisotopic (exact) mass is 293 g/mol. The molecule has 1 aliphatic rings. The number of hydrogen-bond donors (Lipinski definition) is 2. The molecule has 0 aliphatic carbocycles. The number of anilines is 1. The fraction of sp³-hybridized carbons (Fsp3) is 0.571. The fourth-order valence-corrected chi connectivity index (χ4v) is 3.36. The van der Waals surface area contributed by atoms with Crippen LogP contribution in [0.15, 0.2) is 11.4 Å². The molecule has 2 heterocycles. The van der Waals surface area contributed by atoms with Gasteiger partial charge in [0.25, 0.3) is 0 Å². The van der Waals surface area contributed by atoms with Crippen LogP contribution >= 0.6 is 11.3 Å². The number of amides is 1. The van der Waals surface area contributed by atoms with Gasteiger partial charge < -0.3 is 10.4 Å². The Labute approximate surface area is 122 Å². The molecule has 1 aromatic rings. The first kappa shape index (κ1) is 15.0. The number of nitrogens with one attached hydrogen (secondary N) is 1. The number of hydrogen-bond acceptors (Lipinski definition) is 5. The highest BCUT2D eigenvalue weighted by molar-refractivity contribution is 7.14. The van der Waals surface area contributed by atoms with Crippen LogP contribution in [0.4, 0.5) is 5.00 Å². The van der Waals surface area contributed by atoms with E-state index < -0.39 is 0 Å². The van der Waals surface area contributed by atoms with Gasteiger partial charge in [0, 0.05) is 12.6 Å². The average molecular weight is 293 g/mol. The van der Waals surface area contributed by atoms with E-state index in [1.165, 1.54) is 11.3 Å². The molecule has 20 heavy (non-hydrogen) atoms. The minimum absolute atomic E-state index is 0.0696. The van der Waals surface area contributed by atoms with Crippen LogP contribution in [-0.4, -0.2) is 41.7 Å². The van der Waals surface area contributed by atoms with Crippen molar-refractivity contribution in [3.05, 3.63) is 17.0 Å². The summed E-state index contributed by atoms with van der Waals surface area (Å²) in [6.07, 6.45) is 3.92. The molecule has 6 heteroatoms. The Morgan fingerprint density at radius 2 is 2.50 bits per heavy atom. The molecule has 5 nitrogen and oxygen atoms in total. The van der Waals surface area contributed by atoms with E-state index in [9.17, 15) is 4.79 Å². The third kappa shape index (κ3) is 3.79. The molecule has 1 amide bonds. The van der Waals surface area contributed by atoms with Gasteiger partial charge in [-0.2, -0.15) is 5.26 Å². The van der Waals surface area contributed by atoms with Gasteiger partial charge in [0.1, 0.15) is 11.1 Å². The lowest BCUT2D eigenvalue weighted by Gasteiger charge is -2.23. The van der Waals surface area contributed by atoms with Crippen LogP contribution in [0.3, 0.4) is 0 Å². The largest absolute Gasteiger partial charge is 0.396 e. The molecule has 1 aliphatic heterocycles. The van der Waals surface area contributed by atoms with Gasteiger partial charge in [-0.25, -0.2) is 0 Å². The third-order valence-corrected chi connectivity index (χ3v) is 4.41. The van der Waals surface area contributed by atoms with Crippen molar-refractivity contribution in [1.29, 1.82) is 5.26 Å².